The molecule has 13 rings (SSSR count). The molecule has 440 valence electrons. The van der Waals surface area contributed by atoms with Crippen molar-refractivity contribution in [3.05, 3.63) is 147 Å². The summed E-state index contributed by atoms with van der Waals surface area (Å²) in [6.07, 6.45) is 22.2. The van der Waals surface area contributed by atoms with E-state index in [1.165, 1.54) is 208 Å². The average molecular weight is 1130 g/mol. The molecule has 0 unspecified atom stereocenters. The van der Waals surface area contributed by atoms with Crippen molar-refractivity contribution in [1.29, 1.82) is 0 Å². The molecular weight excluding hydrogens is 1030 g/mol. The van der Waals surface area contributed by atoms with E-state index in [0.29, 0.717) is 17.8 Å². The van der Waals surface area contributed by atoms with Crippen molar-refractivity contribution >= 4 is 78.0 Å². The molecule has 3 fully saturated rings. The fraction of sp³-hybridized carbons (Fsp3) is 0.525. The van der Waals surface area contributed by atoms with Gasteiger partial charge in [0.1, 0.15) is 0 Å². The maximum atomic E-state index is 2.94. The molecule has 7 aromatic rings. The van der Waals surface area contributed by atoms with Gasteiger partial charge < -0.3 is 9.80 Å². The first-order chi connectivity index (χ1) is 39.6. The number of rotatable bonds is 6. The Bertz CT molecular complexity index is 3620. The summed E-state index contributed by atoms with van der Waals surface area (Å²) < 4.78 is 2.98. The molecule has 3 saturated carbocycles. The summed E-state index contributed by atoms with van der Waals surface area (Å²) in [6, 6.07) is 42.2. The lowest BCUT2D eigenvalue weighted by Crippen LogP contribution is -2.60. The van der Waals surface area contributed by atoms with Crippen LogP contribution in [0, 0.1) is 0 Å². The zero-order chi connectivity index (χ0) is 59.2. The van der Waals surface area contributed by atoms with Crippen molar-refractivity contribution in [2.24, 2.45) is 0 Å². The van der Waals surface area contributed by atoms with Crippen LogP contribution in [0.15, 0.2) is 97.1 Å². The van der Waals surface area contributed by atoms with Gasteiger partial charge in [-0.15, -0.1) is 11.3 Å². The van der Waals surface area contributed by atoms with Crippen LogP contribution in [0.3, 0.4) is 0 Å². The highest BCUT2D eigenvalue weighted by Crippen LogP contribution is 2.56. The minimum Gasteiger partial charge on any atom is -0.311 e. The van der Waals surface area contributed by atoms with Gasteiger partial charge >= 0.3 is 0 Å². The van der Waals surface area contributed by atoms with Gasteiger partial charge in [0.2, 0.25) is 0 Å². The van der Waals surface area contributed by atoms with Crippen LogP contribution in [0.5, 0.6) is 0 Å². The van der Waals surface area contributed by atoms with Crippen molar-refractivity contribution in [3.63, 3.8) is 0 Å². The molecule has 4 heteroatoms. The summed E-state index contributed by atoms with van der Waals surface area (Å²) in [6.45, 7) is 39.0. The molecule has 0 radical (unpaired) electrons. The summed E-state index contributed by atoms with van der Waals surface area (Å²) in [7, 11) is 0. The molecular formula is C80H101BN2S. The Kier molecular flexibility index (Phi) is 14.4. The fourth-order valence-electron chi connectivity index (χ4n) is 16.4. The Morgan fingerprint density at radius 3 is 1.38 bits per heavy atom. The number of benzene rings is 6. The number of thiophene rings is 1. The molecule has 0 N–H and O–H groups in total. The van der Waals surface area contributed by atoms with E-state index in [9.17, 15) is 0 Å². The zero-order valence-electron chi connectivity index (χ0n) is 54.9. The molecule has 84 heavy (non-hydrogen) atoms. The maximum Gasteiger partial charge on any atom is 0.264 e. The largest absolute Gasteiger partial charge is 0.311 e. The van der Waals surface area contributed by atoms with Gasteiger partial charge in [-0.1, -0.05) is 211 Å². The normalized spacial score (nSPS) is 19.5. The van der Waals surface area contributed by atoms with Crippen LogP contribution < -0.4 is 25.5 Å². The molecule has 0 bridgehead atoms. The van der Waals surface area contributed by atoms with Crippen molar-refractivity contribution in [2.75, 3.05) is 9.80 Å². The van der Waals surface area contributed by atoms with Gasteiger partial charge in [0, 0.05) is 43.2 Å². The van der Waals surface area contributed by atoms with Gasteiger partial charge in [-0.2, -0.15) is 0 Å². The van der Waals surface area contributed by atoms with Crippen LogP contribution in [0.4, 0.5) is 34.1 Å². The molecule has 0 saturated heterocycles. The summed E-state index contributed by atoms with van der Waals surface area (Å²) in [4.78, 5) is 5.75. The summed E-state index contributed by atoms with van der Waals surface area (Å²) in [5.41, 5.74) is 27.4. The summed E-state index contributed by atoms with van der Waals surface area (Å²) in [5.74, 6) is 1.73. The van der Waals surface area contributed by atoms with Crippen LogP contribution in [-0.2, 0) is 32.5 Å². The van der Waals surface area contributed by atoms with E-state index in [-0.39, 0.29) is 39.2 Å². The molecule has 6 aliphatic rings. The molecule has 0 atom stereocenters. The van der Waals surface area contributed by atoms with E-state index < -0.39 is 0 Å². The lowest BCUT2D eigenvalue weighted by atomic mass is 9.36. The number of hydrogen-bond acceptors (Lipinski definition) is 3. The molecule has 0 amide bonds. The molecule has 4 aliphatic carbocycles. The average Bonchev–Trinajstić information content (AvgIpc) is 1.28. The second-order valence-electron chi connectivity index (χ2n) is 33.2. The Morgan fingerprint density at radius 2 is 0.881 bits per heavy atom. The maximum absolute atomic E-state index is 2.94. The predicted molar refractivity (Wildman–Crippen MR) is 369 cm³/mol. The lowest BCUT2D eigenvalue weighted by molar-refractivity contribution is 0.332. The van der Waals surface area contributed by atoms with Crippen LogP contribution in [0.1, 0.15) is 288 Å². The highest BCUT2D eigenvalue weighted by Gasteiger charge is 2.48. The fourth-order valence-corrected chi connectivity index (χ4v) is 17.8. The minimum absolute atomic E-state index is 0.0269. The van der Waals surface area contributed by atoms with Gasteiger partial charge in [-0.05, 0) is 223 Å². The zero-order valence-corrected chi connectivity index (χ0v) is 55.7. The van der Waals surface area contributed by atoms with E-state index in [0.717, 1.165) is 0 Å². The summed E-state index contributed by atoms with van der Waals surface area (Å²) in [5, 5.41) is 1.46. The van der Waals surface area contributed by atoms with E-state index in [2.05, 4.69) is 229 Å². The third-order valence-corrected chi connectivity index (χ3v) is 23.3. The van der Waals surface area contributed by atoms with Crippen molar-refractivity contribution in [1.82, 2.24) is 0 Å². The van der Waals surface area contributed by atoms with E-state index >= 15 is 0 Å². The van der Waals surface area contributed by atoms with Crippen LogP contribution in [0.25, 0.3) is 21.2 Å². The Balaban J connectivity index is 1.18. The number of hydrogen-bond donors (Lipinski definition) is 0. The van der Waals surface area contributed by atoms with Gasteiger partial charge in [-0.3, -0.25) is 0 Å². The van der Waals surface area contributed by atoms with Crippen LogP contribution in [-0.4, -0.2) is 6.71 Å². The molecule has 0 spiro atoms. The third kappa shape index (κ3) is 10.3. The topological polar surface area (TPSA) is 6.48 Å². The first kappa shape index (κ1) is 58.0. The number of anilines is 6. The molecule has 3 heterocycles. The van der Waals surface area contributed by atoms with Crippen molar-refractivity contribution < 1.29 is 0 Å². The van der Waals surface area contributed by atoms with Crippen LogP contribution in [0.2, 0.25) is 0 Å². The number of fused-ring (bicyclic) bond motifs is 7. The number of nitrogens with zero attached hydrogens (tertiary/aromatic N) is 2. The van der Waals surface area contributed by atoms with Gasteiger partial charge in [0.25, 0.3) is 6.71 Å². The van der Waals surface area contributed by atoms with Gasteiger partial charge in [0.15, 0.2) is 0 Å². The highest BCUT2D eigenvalue weighted by atomic mass is 32.1. The van der Waals surface area contributed by atoms with Crippen molar-refractivity contribution in [2.45, 2.75) is 270 Å². The smallest absolute Gasteiger partial charge is 0.264 e. The first-order valence-corrected chi connectivity index (χ1v) is 34.5. The quantitative estimate of drug-likeness (QED) is 0.153. The Hall–Kier alpha value is -5.06. The molecule has 2 nitrogen and oxygen atoms in total. The Labute approximate surface area is 513 Å². The Morgan fingerprint density at radius 1 is 0.429 bits per heavy atom. The highest BCUT2D eigenvalue weighted by molar-refractivity contribution is 7.33. The summed E-state index contributed by atoms with van der Waals surface area (Å²) >= 11 is 2.13. The first-order valence-electron chi connectivity index (χ1n) is 33.6. The van der Waals surface area contributed by atoms with E-state index in [4.69, 9.17) is 0 Å². The predicted octanol–water partition coefficient (Wildman–Crippen LogP) is 22.3. The van der Waals surface area contributed by atoms with E-state index in [1.807, 2.05) is 0 Å². The molecule has 6 aromatic carbocycles. The van der Waals surface area contributed by atoms with E-state index in [1.54, 1.807) is 22.3 Å². The van der Waals surface area contributed by atoms with Crippen molar-refractivity contribution in [3.8, 4) is 11.1 Å². The third-order valence-electron chi connectivity index (χ3n) is 22.1. The van der Waals surface area contributed by atoms with Gasteiger partial charge in [-0.25, -0.2) is 0 Å². The second-order valence-corrected chi connectivity index (χ2v) is 34.3. The molecule has 1 aromatic heterocycles. The standard InChI is InChI=1S/C80H101BN2S/c1-75(2,3)57-32-34-67(62(46-57)56-39-59(77(7,8)9)45-60(40-56)78(10,11)12)83-68-35-33-58(76(4,5)6)47-66(68)81-72-69(43-55(44-70(72)83)52-30-24-19-25-31-52)82(61-41-53(50-26-20-17-21-27-50)38-54(42-61)51-28-22-18-23-29-51)73-63-48-64-65(49-71(63)84-74(73)81)80(15,16)37-36-79(64,13)14/h32-35,38-52H,17-31,36-37H2,1-16H3. The molecule has 2 aliphatic heterocycles. The second kappa shape index (κ2) is 20.8. The minimum atomic E-state index is -0.0429. The lowest BCUT2D eigenvalue weighted by Gasteiger charge is -2.45. The van der Waals surface area contributed by atoms with Crippen LogP contribution >= 0.6 is 11.3 Å². The monoisotopic (exact) mass is 1130 g/mol. The SMILES string of the molecule is CC(C)(C)c1cc(-c2cc(C(C)(C)C)ccc2N2c3ccc(C(C)(C)C)cc3B3c4sc5cc6c(cc5c4N(c4cc(C5CCCCC5)cc(C5CCCCC5)c4)c4cc(C5CCCCC5)cc2c43)C(C)(C)CCC6(C)C)cc(C(C)(C)C)c1. The van der Waals surface area contributed by atoms with Gasteiger partial charge in [0.05, 0.1) is 11.4 Å².